The van der Waals surface area contributed by atoms with Crippen LogP contribution in [-0.2, 0) is 26.5 Å². The average molecular weight is 479 g/mol. The number of nitrogens with zero attached hydrogens (tertiary/aromatic N) is 5. The summed E-state index contributed by atoms with van der Waals surface area (Å²) in [5.41, 5.74) is 0.837. The molecule has 2 atom stereocenters. The van der Waals surface area contributed by atoms with Gasteiger partial charge in [-0.25, -0.2) is 4.68 Å². The lowest BCUT2D eigenvalue weighted by Crippen LogP contribution is -2.54. The molecule has 2 aromatic rings. The van der Waals surface area contributed by atoms with Crippen LogP contribution in [0.5, 0.6) is 0 Å². The molecular formula is C23H25N7O5. The van der Waals surface area contributed by atoms with Gasteiger partial charge in [-0.2, -0.15) is 0 Å². The monoisotopic (exact) mass is 479 g/mol. The number of anilines is 1. The number of likely N-dealkylation sites (tertiary alicyclic amines) is 1. The summed E-state index contributed by atoms with van der Waals surface area (Å²) in [6.45, 7) is 2.93. The highest BCUT2D eigenvalue weighted by atomic mass is 16.2. The Morgan fingerprint density at radius 1 is 1.23 bits per heavy atom. The van der Waals surface area contributed by atoms with Gasteiger partial charge in [-0.15, -0.1) is 5.10 Å². The Kier molecular flexibility index (Phi) is 5.47. The predicted molar refractivity (Wildman–Crippen MR) is 121 cm³/mol. The van der Waals surface area contributed by atoms with Gasteiger partial charge in [0, 0.05) is 6.42 Å². The number of hydrogen-bond donors (Lipinski definition) is 2. The van der Waals surface area contributed by atoms with Crippen molar-refractivity contribution in [2.24, 2.45) is 0 Å². The van der Waals surface area contributed by atoms with Crippen molar-refractivity contribution in [2.75, 3.05) is 18.9 Å². The van der Waals surface area contributed by atoms with E-state index in [1.165, 1.54) is 16.8 Å². The maximum Gasteiger partial charge on any atom is 0.264 e. The van der Waals surface area contributed by atoms with Crippen LogP contribution in [0.4, 0.5) is 5.69 Å². The highest BCUT2D eigenvalue weighted by molar-refractivity contribution is 6.26. The first-order chi connectivity index (χ1) is 16.7. The van der Waals surface area contributed by atoms with Crippen LogP contribution in [0.25, 0.3) is 0 Å². The van der Waals surface area contributed by atoms with E-state index in [1.807, 2.05) is 7.05 Å². The first kappa shape index (κ1) is 22.8. The zero-order chi connectivity index (χ0) is 24.9. The fourth-order valence-electron chi connectivity index (χ4n) is 5.00. The molecule has 3 aliphatic heterocycles. The van der Waals surface area contributed by atoms with Gasteiger partial charge in [-0.05, 0) is 51.9 Å². The van der Waals surface area contributed by atoms with Crippen molar-refractivity contribution in [1.82, 2.24) is 30.1 Å². The third kappa shape index (κ3) is 3.79. The second kappa shape index (κ2) is 8.38. The molecule has 1 aromatic heterocycles. The second-order valence-corrected chi connectivity index (χ2v) is 9.32. The largest absolute Gasteiger partial charge is 0.324 e. The van der Waals surface area contributed by atoms with Gasteiger partial charge in [0.25, 0.3) is 11.8 Å². The van der Waals surface area contributed by atoms with Crippen molar-refractivity contribution < 1.29 is 24.0 Å². The van der Waals surface area contributed by atoms with Crippen molar-refractivity contribution in [3.8, 4) is 0 Å². The summed E-state index contributed by atoms with van der Waals surface area (Å²) in [6.07, 6.45) is 3.84. The lowest BCUT2D eigenvalue weighted by Gasteiger charge is -2.29. The molecular weight excluding hydrogens is 454 g/mol. The number of benzene rings is 1. The van der Waals surface area contributed by atoms with E-state index < -0.39 is 35.6 Å². The van der Waals surface area contributed by atoms with E-state index in [0.717, 1.165) is 30.0 Å². The first-order valence-electron chi connectivity index (χ1n) is 11.5. The van der Waals surface area contributed by atoms with Gasteiger partial charge in [0.1, 0.15) is 18.3 Å². The summed E-state index contributed by atoms with van der Waals surface area (Å²) in [7, 11) is 2.03. The first-order valence-corrected chi connectivity index (χ1v) is 11.5. The molecule has 1 aromatic carbocycles. The minimum atomic E-state index is -1.08. The van der Waals surface area contributed by atoms with Crippen molar-refractivity contribution in [3.63, 3.8) is 0 Å². The fraction of sp³-hybridized carbons (Fsp3) is 0.435. The molecule has 0 bridgehead atoms. The summed E-state index contributed by atoms with van der Waals surface area (Å²) in [6, 6.07) is 3.47. The summed E-state index contributed by atoms with van der Waals surface area (Å²) >= 11 is 0. The van der Waals surface area contributed by atoms with Crippen LogP contribution in [0.1, 0.15) is 59.0 Å². The molecule has 0 spiro atoms. The predicted octanol–water partition coefficient (Wildman–Crippen LogP) is 0.259. The molecule has 0 aliphatic carbocycles. The van der Waals surface area contributed by atoms with Crippen molar-refractivity contribution in [1.29, 1.82) is 0 Å². The molecule has 4 heterocycles. The van der Waals surface area contributed by atoms with Crippen LogP contribution >= 0.6 is 0 Å². The Morgan fingerprint density at radius 3 is 2.74 bits per heavy atom. The molecule has 12 heteroatoms. The Hall–Kier alpha value is -3.93. The van der Waals surface area contributed by atoms with Gasteiger partial charge < -0.3 is 5.32 Å². The Labute approximate surface area is 200 Å². The van der Waals surface area contributed by atoms with E-state index in [1.54, 1.807) is 12.3 Å². The van der Waals surface area contributed by atoms with Gasteiger partial charge in [0.15, 0.2) is 0 Å². The van der Waals surface area contributed by atoms with Crippen LogP contribution in [0.3, 0.4) is 0 Å². The summed E-state index contributed by atoms with van der Waals surface area (Å²) in [5, 5.41) is 13.2. The maximum absolute atomic E-state index is 13.2. The molecule has 35 heavy (non-hydrogen) atoms. The highest BCUT2D eigenvalue weighted by Crippen LogP contribution is 2.36. The summed E-state index contributed by atoms with van der Waals surface area (Å²) < 4.78 is 1.44. The highest BCUT2D eigenvalue weighted by Gasteiger charge is 2.45. The number of nitrogens with one attached hydrogen (secondary N) is 2. The Balaban J connectivity index is 1.33. The number of hydrogen-bond acceptors (Lipinski definition) is 8. The average Bonchev–Trinajstić information content (AvgIpc) is 3.48. The van der Waals surface area contributed by atoms with Gasteiger partial charge >= 0.3 is 0 Å². The third-order valence-corrected chi connectivity index (χ3v) is 7.14. The van der Waals surface area contributed by atoms with Crippen LogP contribution in [-0.4, -0.2) is 74.0 Å². The smallest absolute Gasteiger partial charge is 0.264 e. The van der Waals surface area contributed by atoms with E-state index in [0.29, 0.717) is 0 Å². The standard InChI is InChI=1S/C23H25N7O5/c1-23(9-4-10-28(23)2)16-11-29(27-26-16)12-18(32)24-14-6-3-5-13-19(14)22(35)30(21(13)34)15-7-8-17(31)25-20(15)33/h3,5-6,11,15H,4,7-10,12H2,1-2H3,(H,24,32)(H,25,31,33)/t15?,23-/m1/s1. The number of carbonyl (C=O) groups is 5. The van der Waals surface area contributed by atoms with Gasteiger partial charge in [-0.3, -0.25) is 39.1 Å². The van der Waals surface area contributed by atoms with Crippen molar-refractivity contribution in [2.45, 2.75) is 50.7 Å². The Bertz CT molecular complexity index is 1270. The number of amides is 5. The quantitative estimate of drug-likeness (QED) is 0.581. The molecule has 5 amide bonds. The third-order valence-electron chi connectivity index (χ3n) is 7.14. The molecule has 182 valence electrons. The zero-order valence-electron chi connectivity index (χ0n) is 19.4. The lowest BCUT2D eigenvalue weighted by atomic mass is 9.96. The van der Waals surface area contributed by atoms with Gasteiger partial charge in [0.2, 0.25) is 17.7 Å². The van der Waals surface area contributed by atoms with E-state index in [4.69, 9.17) is 0 Å². The zero-order valence-corrected chi connectivity index (χ0v) is 19.4. The number of imide groups is 2. The molecule has 0 saturated carbocycles. The van der Waals surface area contributed by atoms with Gasteiger partial charge in [0.05, 0.1) is 28.6 Å². The van der Waals surface area contributed by atoms with Crippen LogP contribution in [0, 0.1) is 0 Å². The van der Waals surface area contributed by atoms with Crippen molar-refractivity contribution in [3.05, 3.63) is 41.2 Å². The van der Waals surface area contributed by atoms with Crippen LogP contribution in [0.2, 0.25) is 0 Å². The van der Waals surface area contributed by atoms with Crippen molar-refractivity contribution >= 4 is 35.2 Å². The number of piperidine rings is 1. The maximum atomic E-state index is 13.2. The van der Waals surface area contributed by atoms with E-state index in [-0.39, 0.29) is 41.7 Å². The SMILES string of the molecule is CN1CCC[C@]1(C)c1cn(CC(=O)Nc2cccc3c2C(=O)N(C2CCC(=O)NC2=O)C3=O)nn1. The number of carbonyl (C=O) groups excluding carboxylic acids is 5. The molecule has 5 rings (SSSR count). The molecule has 2 saturated heterocycles. The second-order valence-electron chi connectivity index (χ2n) is 9.32. The molecule has 2 fully saturated rings. The summed E-state index contributed by atoms with van der Waals surface area (Å²) in [5.74, 6) is -2.90. The minimum Gasteiger partial charge on any atom is -0.324 e. The minimum absolute atomic E-state index is 0.0231. The number of aromatic nitrogens is 3. The number of rotatable bonds is 5. The normalized spacial score (nSPS) is 24.6. The Morgan fingerprint density at radius 2 is 2.03 bits per heavy atom. The van der Waals surface area contributed by atoms with E-state index in [9.17, 15) is 24.0 Å². The van der Waals surface area contributed by atoms with Gasteiger partial charge in [-0.1, -0.05) is 11.3 Å². The molecule has 1 unspecified atom stereocenters. The van der Waals surface area contributed by atoms with Crippen LogP contribution in [0.15, 0.2) is 24.4 Å². The molecule has 0 radical (unpaired) electrons. The molecule has 2 N–H and O–H groups in total. The van der Waals surface area contributed by atoms with E-state index in [2.05, 4.69) is 32.8 Å². The van der Waals surface area contributed by atoms with Crippen LogP contribution < -0.4 is 10.6 Å². The fourth-order valence-corrected chi connectivity index (χ4v) is 5.00. The lowest BCUT2D eigenvalue weighted by molar-refractivity contribution is -0.136. The number of fused-ring (bicyclic) bond motifs is 1. The topological polar surface area (TPSA) is 147 Å². The molecule has 3 aliphatic rings. The molecule has 12 nitrogen and oxygen atoms in total. The van der Waals surface area contributed by atoms with E-state index >= 15 is 0 Å². The summed E-state index contributed by atoms with van der Waals surface area (Å²) in [4.78, 5) is 65.7.